The highest BCUT2D eigenvalue weighted by molar-refractivity contribution is 5.81. The Kier molecular flexibility index (Phi) is 3.75. The highest BCUT2D eigenvalue weighted by atomic mass is 16.6. The molecule has 6 heteroatoms. The normalized spacial score (nSPS) is 24.8. The van der Waals surface area contributed by atoms with Crippen molar-refractivity contribution in [3.63, 3.8) is 0 Å². The van der Waals surface area contributed by atoms with Crippen LogP contribution in [0.5, 0.6) is 0 Å². The topological polar surface area (TPSA) is 74.0 Å². The zero-order valence-corrected chi connectivity index (χ0v) is 9.31. The molecule has 2 aliphatic heterocycles. The molecule has 92 valence electrons. The summed E-state index contributed by atoms with van der Waals surface area (Å²) in [6.45, 7) is 4.96. The maximum Gasteiger partial charge on any atom is 0.331 e. The Balaban J connectivity index is 1.61. The third kappa shape index (κ3) is 2.70. The van der Waals surface area contributed by atoms with Gasteiger partial charge in [0.2, 0.25) is 0 Å². The molecule has 16 heavy (non-hydrogen) atoms. The van der Waals surface area contributed by atoms with Gasteiger partial charge in [0, 0.05) is 19.6 Å². The van der Waals surface area contributed by atoms with Crippen LogP contribution in [-0.4, -0.2) is 69.1 Å². The van der Waals surface area contributed by atoms with Crippen LogP contribution in [0, 0.1) is 0 Å². The van der Waals surface area contributed by atoms with Gasteiger partial charge in [-0.1, -0.05) is 0 Å². The maximum absolute atomic E-state index is 11.5. The summed E-state index contributed by atoms with van der Waals surface area (Å²) in [6, 6.07) is 0. The van der Waals surface area contributed by atoms with E-state index >= 15 is 0 Å². The minimum atomic E-state index is -0.898. The number of ether oxygens (including phenoxy) is 3. The second-order valence-corrected chi connectivity index (χ2v) is 4.24. The molecule has 0 radical (unpaired) electrons. The molecule has 0 aromatic heterocycles. The number of carbonyl (C=O) groups excluding carboxylic acids is 1. The molecule has 2 fully saturated rings. The van der Waals surface area contributed by atoms with Crippen LogP contribution in [-0.2, 0) is 19.0 Å². The number of carbonyl (C=O) groups is 1. The van der Waals surface area contributed by atoms with Crippen molar-refractivity contribution in [2.24, 2.45) is 5.73 Å². The van der Waals surface area contributed by atoms with Gasteiger partial charge in [0.1, 0.15) is 6.61 Å². The Morgan fingerprint density at radius 2 is 2.00 bits per heavy atom. The lowest BCUT2D eigenvalue weighted by molar-refractivity contribution is -0.168. The number of morpholine rings is 1. The summed E-state index contributed by atoms with van der Waals surface area (Å²) in [5.41, 5.74) is 4.83. The summed E-state index contributed by atoms with van der Waals surface area (Å²) in [5.74, 6) is -0.355. The minimum Gasteiger partial charge on any atom is -0.463 e. The number of rotatable bonds is 4. The summed E-state index contributed by atoms with van der Waals surface area (Å²) in [7, 11) is 0. The average molecular weight is 230 g/mol. The number of hydrogen-bond acceptors (Lipinski definition) is 6. The van der Waals surface area contributed by atoms with E-state index in [1.165, 1.54) is 0 Å². The molecule has 0 bridgehead atoms. The third-order valence-electron chi connectivity index (χ3n) is 2.87. The molecule has 2 rings (SSSR count). The number of esters is 1. The summed E-state index contributed by atoms with van der Waals surface area (Å²) in [5, 5.41) is 0. The SMILES string of the molecule is NC1(C(=O)OCCN2CCOCC2)COC1. The van der Waals surface area contributed by atoms with Gasteiger partial charge in [-0.25, -0.2) is 4.79 Å². The predicted octanol–water partition coefficient (Wildman–Crippen LogP) is -1.41. The predicted molar refractivity (Wildman–Crippen MR) is 56.0 cm³/mol. The molecule has 0 amide bonds. The molecule has 0 aliphatic carbocycles. The quantitative estimate of drug-likeness (QED) is 0.598. The Morgan fingerprint density at radius 1 is 1.31 bits per heavy atom. The fourth-order valence-electron chi connectivity index (χ4n) is 1.68. The fourth-order valence-corrected chi connectivity index (χ4v) is 1.68. The van der Waals surface area contributed by atoms with E-state index in [2.05, 4.69) is 4.90 Å². The van der Waals surface area contributed by atoms with Gasteiger partial charge < -0.3 is 19.9 Å². The van der Waals surface area contributed by atoms with E-state index in [0.29, 0.717) is 6.61 Å². The Bertz CT molecular complexity index is 249. The van der Waals surface area contributed by atoms with E-state index < -0.39 is 5.54 Å². The standard InChI is InChI=1S/C10H18N2O4/c11-10(7-15-8-10)9(13)16-6-3-12-1-4-14-5-2-12/h1-8,11H2. The van der Waals surface area contributed by atoms with Crippen molar-refractivity contribution < 1.29 is 19.0 Å². The van der Waals surface area contributed by atoms with Crippen molar-refractivity contribution in [2.45, 2.75) is 5.54 Å². The van der Waals surface area contributed by atoms with E-state index in [0.717, 1.165) is 32.8 Å². The highest BCUT2D eigenvalue weighted by Gasteiger charge is 2.43. The molecule has 0 aromatic rings. The maximum atomic E-state index is 11.5. The van der Waals surface area contributed by atoms with Gasteiger partial charge in [-0.05, 0) is 0 Å². The first-order valence-corrected chi connectivity index (χ1v) is 5.55. The van der Waals surface area contributed by atoms with Crippen molar-refractivity contribution in [3.8, 4) is 0 Å². The second kappa shape index (κ2) is 5.09. The monoisotopic (exact) mass is 230 g/mol. The van der Waals surface area contributed by atoms with Crippen molar-refractivity contribution in [1.82, 2.24) is 4.90 Å². The van der Waals surface area contributed by atoms with E-state index in [1.54, 1.807) is 0 Å². The van der Waals surface area contributed by atoms with Crippen LogP contribution in [0.3, 0.4) is 0 Å². The minimum absolute atomic E-state index is 0.267. The first-order valence-electron chi connectivity index (χ1n) is 5.55. The van der Waals surface area contributed by atoms with Crippen LogP contribution in [0.15, 0.2) is 0 Å². The Hall–Kier alpha value is -0.690. The molecule has 0 saturated carbocycles. The molecule has 2 saturated heterocycles. The molecule has 0 spiro atoms. The van der Waals surface area contributed by atoms with Crippen molar-refractivity contribution in [3.05, 3.63) is 0 Å². The van der Waals surface area contributed by atoms with Gasteiger partial charge >= 0.3 is 5.97 Å². The van der Waals surface area contributed by atoms with Crippen LogP contribution in [0.4, 0.5) is 0 Å². The molecule has 6 nitrogen and oxygen atoms in total. The molecule has 2 heterocycles. The summed E-state index contributed by atoms with van der Waals surface area (Å²) < 4.78 is 15.2. The second-order valence-electron chi connectivity index (χ2n) is 4.24. The Labute approximate surface area is 94.6 Å². The lowest BCUT2D eigenvalue weighted by Gasteiger charge is -2.35. The van der Waals surface area contributed by atoms with Gasteiger partial charge in [-0.2, -0.15) is 0 Å². The van der Waals surface area contributed by atoms with Crippen LogP contribution in [0.2, 0.25) is 0 Å². The van der Waals surface area contributed by atoms with Crippen LogP contribution in [0.25, 0.3) is 0 Å². The summed E-state index contributed by atoms with van der Waals surface area (Å²) in [6.07, 6.45) is 0. The van der Waals surface area contributed by atoms with E-state index in [9.17, 15) is 4.79 Å². The molecule has 2 aliphatic rings. The van der Waals surface area contributed by atoms with Gasteiger partial charge in [0.05, 0.1) is 26.4 Å². The van der Waals surface area contributed by atoms with Crippen molar-refractivity contribution in [2.75, 3.05) is 52.7 Å². The molecule has 0 unspecified atom stereocenters. The molecule has 2 N–H and O–H groups in total. The molecular weight excluding hydrogens is 212 g/mol. The van der Waals surface area contributed by atoms with Gasteiger partial charge in [0.15, 0.2) is 5.54 Å². The number of hydrogen-bond donors (Lipinski definition) is 1. The fraction of sp³-hybridized carbons (Fsp3) is 0.900. The Morgan fingerprint density at radius 3 is 2.56 bits per heavy atom. The summed E-state index contributed by atoms with van der Waals surface area (Å²) >= 11 is 0. The van der Waals surface area contributed by atoms with Gasteiger partial charge in [0.25, 0.3) is 0 Å². The molecule has 0 aromatic carbocycles. The van der Waals surface area contributed by atoms with Crippen LogP contribution >= 0.6 is 0 Å². The third-order valence-corrected chi connectivity index (χ3v) is 2.87. The zero-order valence-electron chi connectivity index (χ0n) is 9.31. The van der Waals surface area contributed by atoms with Crippen LogP contribution < -0.4 is 5.73 Å². The molecule has 0 atom stereocenters. The average Bonchev–Trinajstić information content (AvgIpc) is 2.27. The van der Waals surface area contributed by atoms with E-state index in [-0.39, 0.29) is 19.2 Å². The van der Waals surface area contributed by atoms with Crippen molar-refractivity contribution >= 4 is 5.97 Å². The lowest BCUT2D eigenvalue weighted by Crippen LogP contribution is -2.63. The molecular formula is C10H18N2O4. The number of nitrogens with two attached hydrogens (primary N) is 1. The largest absolute Gasteiger partial charge is 0.463 e. The van der Waals surface area contributed by atoms with E-state index in [1.807, 2.05) is 0 Å². The lowest BCUT2D eigenvalue weighted by atomic mass is 10.00. The van der Waals surface area contributed by atoms with Crippen LogP contribution in [0.1, 0.15) is 0 Å². The smallest absolute Gasteiger partial charge is 0.331 e. The highest BCUT2D eigenvalue weighted by Crippen LogP contribution is 2.14. The van der Waals surface area contributed by atoms with Crippen molar-refractivity contribution in [1.29, 1.82) is 0 Å². The summed E-state index contributed by atoms with van der Waals surface area (Å²) in [4.78, 5) is 13.7. The van der Waals surface area contributed by atoms with Gasteiger partial charge in [-0.15, -0.1) is 0 Å². The number of nitrogens with zero attached hydrogens (tertiary/aromatic N) is 1. The zero-order chi connectivity index (χ0) is 11.4. The first-order chi connectivity index (χ1) is 7.71. The van der Waals surface area contributed by atoms with E-state index in [4.69, 9.17) is 19.9 Å². The first kappa shape index (κ1) is 11.8. The van der Waals surface area contributed by atoms with Gasteiger partial charge in [-0.3, -0.25) is 4.90 Å².